The number of benzene rings is 1. The molecule has 1 aliphatic carbocycles. The van der Waals surface area contributed by atoms with Crippen molar-refractivity contribution >= 4 is 25.5 Å². The van der Waals surface area contributed by atoms with Crippen molar-refractivity contribution in [3.63, 3.8) is 0 Å². The van der Waals surface area contributed by atoms with Crippen molar-refractivity contribution in [1.82, 2.24) is 10.6 Å². The number of anilines is 1. The van der Waals surface area contributed by atoms with Gasteiger partial charge in [-0.1, -0.05) is 71.6 Å². The Kier molecular flexibility index (Phi) is 12.8. The summed E-state index contributed by atoms with van der Waals surface area (Å²) in [4.78, 5) is 36.1. The Morgan fingerprint density at radius 1 is 1.03 bits per heavy atom. The Morgan fingerprint density at radius 3 is 2.22 bits per heavy atom. The van der Waals surface area contributed by atoms with Crippen LogP contribution in [0.3, 0.4) is 0 Å². The van der Waals surface area contributed by atoms with Gasteiger partial charge < -0.3 is 21.1 Å². The highest BCUT2D eigenvalue weighted by Gasteiger charge is 2.39. The monoisotopic (exact) mass is 522 g/mol. The molecule has 36 heavy (non-hydrogen) atoms. The van der Waals surface area contributed by atoms with Gasteiger partial charge in [0.1, 0.15) is 12.1 Å². The minimum Gasteiger partial charge on any atom is -0.391 e. The number of hydrogen-bond acceptors (Lipinski definition) is 5. The van der Waals surface area contributed by atoms with Gasteiger partial charge in [0.2, 0.25) is 11.8 Å². The Bertz CT molecular complexity index is 832. The lowest BCUT2D eigenvalue weighted by Crippen LogP contribution is -2.55. The zero-order valence-electron chi connectivity index (χ0n) is 22.2. The number of rotatable bonds is 14. The molecule has 5 N–H and O–H groups in total. The zero-order chi connectivity index (χ0) is 26.7. The first-order valence-corrected chi connectivity index (χ1v) is 14.6. The van der Waals surface area contributed by atoms with Crippen molar-refractivity contribution in [2.24, 2.45) is 17.8 Å². The number of carbonyl (C=O) groups is 2. The topological polar surface area (TPSA) is 128 Å². The largest absolute Gasteiger partial charge is 0.509 e. The van der Waals surface area contributed by atoms with Crippen molar-refractivity contribution in [1.29, 1.82) is 0 Å². The van der Waals surface area contributed by atoms with E-state index < -0.39 is 31.9 Å². The van der Waals surface area contributed by atoms with Crippen molar-refractivity contribution in [3.05, 3.63) is 30.3 Å². The molecule has 6 atom stereocenters. The quantitative estimate of drug-likeness (QED) is 0.233. The number of para-hydroxylation sites is 1. The number of hydrogen-bond donors (Lipinski definition) is 5. The lowest BCUT2D eigenvalue weighted by molar-refractivity contribution is -0.131. The lowest BCUT2D eigenvalue weighted by atomic mass is 9.85. The molecule has 2 rings (SSSR count). The molecule has 1 aromatic carbocycles. The summed E-state index contributed by atoms with van der Waals surface area (Å²) in [6, 6.07) is 8.21. The van der Waals surface area contributed by atoms with Crippen LogP contribution in [0.25, 0.3) is 0 Å². The van der Waals surface area contributed by atoms with Gasteiger partial charge in [-0.3, -0.25) is 9.59 Å². The van der Waals surface area contributed by atoms with Crippen LogP contribution in [0.2, 0.25) is 0 Å². The highest BCUT2D eigenvalue weighted by atomic mass is 31.1. The summed E-state index contributed by atoms with van der Waals surface area (Å²) in [5.41, 5.74) is 0.363. The molecule has 0 bridgehead atoms. The maximum absolute atomic E-state index is 13.2. The first-order chi connectivity index (χ1) is 17.1. The first kappa shape index (κ1) is 30.2. The minimum absolute atomic E-state index is 0.00939. The molecule has 0 aliphatic heterocycles. The molecule has 4 unspecified atom stereocenters. The van der Waals surface area contributed by atoms with Gasteiger partial charge in [0.25, 0.3) is 0 Å². The van der Waals surface area contributed by atoms with Crippen LogP contribution in [-0.4, -0.2) is 52.2 Å². The molecule has 0 saturated heterocycles. The van der Waals surface area contributed by atoms with Gasteiger partial charge in [-0.05, 0) is 41.4 Å². The molecular formula is C27H45N3O5P+. The van der Waals surface area contributed by atoms with Crippen molar-refractivity contribution < 1.29 is 24.2 Å². The van der Waals surface area contributed by atoms with Gasteiger partial charge in [-0.2, -0.15) is 4.89 Å². The molecule has 1 aromatic rings. The smallest absolute Gasteiger partial charge is 0.391 e. The number of amides is 2. The van der Waals surface area contributed by atoms with Crippen LogP contribution < -0.4 is 16.0 Å². The molecule has 1 saturated carbocycles. The number of carbonyl (C=O) groups excluding carboxylic acids is 2. The van der Waals surface area contributed by atoms with Crippen molar-refractivity contribution in [2.45, 2.75) is 96.5 Å². The van der Waals surface area contributed by atoms with Crippen molar-refractivity contribution in [2.75, 3.05) is 11.9 Å². The second-order valence-corrected chi connectivity index (χ2v) is 11.8. The number of nitrogens with one attached hydrogen (secondary N) is 3. The molecule has 1 fully saturated rings. The maximum atomic E-state index is 13.2. The number of aliphatic hydroxyl groups is 1. The average Bonchev–Trinajstić information content (AvgIpc) is 2.87. The first-order valence-electron chi connectivity index (χ1n) is 13.4. The Hall–Kier alpha value is -2.02. The molecule has 0 radical (unpaired) electrons. The fraction of sp³-hybridized carbons (Fsp3) is 0.704. The summed E-state index contributed by atoms with van der Waals surface area (Å²) in [6.45, 7) is 7.74. The van der Waals surface area contributed by atoms with Crippen LogP contribution in [0, 0.1) is 17.8 Å². The van der Waals surface area contributed by atoms with E-state index in [2.05, 4.69) is 16.0 Å². The predicted octanol–water partition coefficient (Wildman–Crippen LogP) is 4.20. The summed E-state index contributed by atoms with van der Waals surface area (Å²) < 4.78 is 12.0. The van der Waals surface area contributed by atoms with Crippen LogP contribution in [0.1, 0.15) is 72.6 Å². The Morgan fingerprint density at radius 2 is 1.67 bits per heavy atom. The van der Waals surface area contributed by atoms with E-state index in [1.165, 1.54) is 0 Å². The van der Waals surface area contributed by atoms with E-state index in [0.717, 1.165) is 37.8 Å². The van der Waals surface area contributed by atoms with E-state index in [4.69, 9.17) is 0 Å². The van der Waals surface area contributed by atoms with Gasteiger partial charge in [0, 0.05) is 24.6 Å². The van der Waals surface area contributed by atoms with Crippen LogP contribution in [0.5, 0.6) is 0 Å². The summed E-state index contributed by atoms with van der Waals surface area (Å²) in [5.74, 6) is -0.608. The molecule has 9 heteroatoms. The molecule has 202 valence electrons. The molecule has 2 amide bonds. The predicted molar refractivity (Wildman–Crippen MR) is 144 cm³/mol. The third kappa shape index (κ3) is 9.45. The normalized spacial score (nSPS) is 19.0. The van der Waals surface area contributed by atoms with E-state index in [1.54, 1.807) is 0 Å². The standard InChI is InChI=1S/C27H44N3O5P/c1-5-19(4)25(30-27(33)24(18(2)3)29-21-14-10-7-11-15-21)26(32)28-17-22(31)16-23(36(34)35)20-12-8-6-9-13-20/h7,10-11,14-15,18-20,22-25,29,31H,5-6,8-9,12-13,16-17H2,1-4H3,(H2-,28,30,32,33,34,35)/p+1/t19?,22-,23?,24+,25?/m1/s1. The molecule has 1 aliphatic rings. The van der Waals surface area contributed by atoms with Crippen LogP contribution in [0.4, 0.5) is 5.69 Å². The van der Waals surface area contributed by atoms with Gasteiger partial charge in [-0.15, -0.1) is 0 Å². The van der Waals surface area contributed by atoms with Gasteiger partial charge >= 0.3 is 8.03 Å². The zero-order valence-corrected chi connectivity index (χ0v) is 23.0. The van der Waals surface area contributed by atoms with Crippen LogP contribution >= 0.6 is 8.03 Å². The van der Waals surface area contributed by atoms with E-state index in [-0.39, 0.29) is 42.5 Å². The Balaban J connectivity index is 1.98. The summed E-state index contributed by atoms with van der Waals surface area (Å²) in [7, 11) is -2.40. The van der Waals surface area contributed by atoms with Gasteiger partial charge in [0.15, 0.2) is 5.66 Å². The van der Waals surface area contributed by atoms with Gasteiger partial charge in [0.05, 0.1) is 6.10 Å². The summed E-state index contributed by atoms with van der Waals surface area (Å²) in [5, 5.41) is 19.5. The lowest BCUT2D eigenvalue weighted by Gasteiger charge is -2.29. The van der Waals surface area contributed by atoms with E-state index in [1.807, 2.05) is 58.0 Å². The van der Waals surface area contributed by atoms with E-state index >= 15 is 0 Å². The second-order valence-electron chi connectivity index (χ2n) is 10.5. The third-order valence-corrected chi connectivity index (χ3v) is 8.54. The maximum Gasteiger partial charge on any atom is 0.509 e. The highest BCUT2D eigenvalue weighted by molar-refractivity contribution is 7.38. The SMILES string of the molecule is CCC(C)C(NC(=O)[C@@H](Nc1ccccc1)C(C)C)C(=O)NC[C@H](O)CC(C1CCCCC1)[P+](=O)O. The summed E-state index contributed by atoms with van der Waals surface area (Å²) in [6.07, 6.45) is 4.98. The average molecular weight is 523 g/mol. The van der Waals surface area contributed by atoms with Crippen molar-refractivity contribution in [3.8, 4) is 0 Å². The minimum atomic E-state index is -2.40. The number of aliphatic hydroxyl groups excluding tert-OH is 1. The molecule has 0 spiro atoms. The molecule has 0 heterocycles. The Labute approximate surface area is 216 Å². The fourth-order valence-electron chi connectivity index (χ4n) is 4.87. The summed E-state index contributed by atoms with van der Waals surface area (Å²) >= 11 is 0. The van der Waals surface area contributed by atoms with Crippen LogP contribution in [-0.2, 0) is 14.2 Å². The van der Waals surface area contributed by atoms with E-state index in [9.17, 15) is 24.2 Å². The second kappa shape index (κ2) is 15.3. The van der Waals surface area contributed by atoms with Crippen LogP contribution in [0.15, 0.2) is 30.3 Å². The van der Waals surface area contributed by atoms with E-state index in [0.29, 0.717) is 6.42 Å². The van der Waals surface area contributed by atoms with Gasteiger partial charge in [-0.25, -0.2) is 0 Å². The molecular weight excluding hydrogens is 477 g/mol. The highest BCUT2D eigenvalue weighted by Crippen LogP contribution is 2.40. The fourth-order valence-corrected chi connectivity index (χ4v) is 5.95. The third-order valence-electron chi connectivity index (χ3n) is 7.34. The molecule has 0 aromatic heterocycles. The molecule has 8 nitrogen and oxygen atoms in total.